The van der Waals surface area contributed by atoms with Gasteiger partial charge in [0.15, 0.2) is 0 Å². The third-order valence-corrected chi connectivity index (χ3v) is 4.18. The maximum absolute atomic E-state index is 12.4. The summed E-state index contributed by atoms with van der Waals surface area (Å²) in [5.41, 5.74) is 0. The maximum atomic E-state index is 12.4. The molecule has 0 saturated heterocycles. The normalized spacial score (nSPS) is 16.5. The van der Waals surface area contributed by atoms with E-state index in [0.29, 0.717) is 18.9 Å². The van der Waals surface area contributed by atoms with Crippen molar-refractivity contribution in [3.63, 3.8) is 0 Å². The molecule has 0 spiro atoms. The summed E-state index contributed by atoms with van der Waals surface area (Å²) in [6, 6.07) is 4.26. The smallest absolute Gasteiger partial charge is 0.223 e. The van der Waals surface area contributed by atoms with Gasteiger partial charge in [0.05, 0.1) is 6.26 Å². The summed E-state index contributed by atoms with van der Waals surface area (Å²) in [6.45, 7) is 0.821. The average molecular weight is 328 g/mol. The highest BCUT2D eigenvalue weighted by Crippen LogP contribution is 2.23. The minimum Gasteiger partial charge on any atom is -0.469 e. The van der Waals surface area contributed by atoms with Crippen molar-refractivity contribution >= 4 is 21.8 Å². The average Bonchev–Trinajstić information content (AvgIpc) is 2.96. The molecule has 0 bridgehead atoms. The molecule has 0 aromatic carbocycles. The number of alkyl halides is 1. The van der Waals surface area contributed by atoms with Crippen LogP contribution in [0.2, 0.25) is 0 Å². The molecule has 19 heavy (non-hydrogen) atoms. The van der Waals surface area contributed by atoms with Crippen molar-refractivity contribution < 1.29 is 9.21 Å². The van der Waals surface area contributed by atoms with Gasteiger partial charge in [-0.15, -0.1) is 0 Å². The summed E-state index contributed by atoms with van der Waals surface area (Å²) in [5, 5.41) is 0.857. The molecule has 106 valence electrons. The molecule has 0 aliphatic heterocycles. The fourth-order valence-corrected chi connectivity index (χ4v) is 3.21. The van der Waals surface area contributed by atoms with E-state index in [1.807, 2.05) is 12.1 Å². The molecule has 1 fully saturated rings. The molecular weight excluding hydrogens is 306 g/mol. The summed E-state index contributed by atoms with van der Waals surface area (Å²) < 4.78 is 5.29. The largest absolute Gasteiger partial charge is 0.469 e. The number of aryl methyl sites for hydroxylation is 1. The molecule has 0 radical (unpaired) electrons. The summed E-state index contributed by atoms with van der Waals surface area (Å²) in [4.78, 5) is 14.5. The molecule has 1 saturated carbocycles. The quantitative estimate of drug-likeness (QED) is 0.745. The maximum Gasteiger partial charge on any atom is 0.223 e. The summed E-state index contributed by atoms with van der Waals surface area (Å²) in [6.07, 6.45) is 9.09. The Morgan fingerprint density at radius 2 is 2.16 bits per heavy atom. The Morgan fingerprint density at radius 3 is 2.79 bits per heavy atom. The van der Waals surface area contributed by atoms with E-state index in [4.69, 9.17) is 4.42 Å². The molecule has 0 atom stereocenters. The molecule has 0 N–H and O–H groups in total. The van der Waals surface area contributed by atoms with Gasteiger partial charge >= 0.3 is 0 Å². The predicted molar refractivity (Wildman–Crippen MR) is 79.4 cm³/mol. The Hall–Kier alpha value is -0.770. The summed E-state index contributed by atoms with van der Waals surface area (Å²) >= 11 is 3.46. The van der Waals surface area contributed by atoms with Crippen LogP contribution >= 0.6 is 15.9 Å². The minimum absolute atomic E-state index is 0.266. The molecule has 1 heterocycles. The van der Waals surface area contributed by atoms with Gasteiger partial charge in [-0.1, -0.05) is 35.2 Å². The number of amides is 1. The summed E-state index contributed by atoms with van der Waals surface area (Å²) in [7, 11) is 0. The molecule has 1 aliphatic rings. The molecule has 4 heteroatoms. The lowest BCUT2D eigenvalue weighted by Gasteiger charge is -2.34. The van der Waals surface area contributed by atoms with Gasteiger partial charge in [0.1, 0.15) is 5.76 Å². The highest BCUT2D eigenvalue weighted by Gasteiger charge is 2.24. The van der Waals surface area contributed by atoms with Crippen LogP contribution in [0.4, 0.5) is 0 Å². The lowest BCUT2D eigenvalue weighted by Crippen LogP contribution is -2.42. The zero-order valence-corrected chi connectivity index (χ0v) is 12.9. The van der Waals surface area contributed by atoms with Gasteiger partial charge in [0, 0.05) is 30.8 Å². The first-order valence-electron chi connectivity index (χ1n) is 7.19. The zero-order valence-electron chi connectivity index (χ0n) is 11.3. The van der Waals surface area contributed by atoms with Gasteiger partial charge < -0.3 is 9.32 Å². The van der Waals surface area contributed by atoms with E-state index in [1.165, 1.54) is 32.1 Å². The molecule has 1 amide bonds. The third kappa shape index (κ3) is 4.37. The van der Waals surface area contributed by atoms with Gasteiger partial charge in [0.2, 0.25) is 5.91 Å². The Balaban J connectivity index is 1.87. The third-order valence-electron chi connectivity index (χ3n) is 3.83. The molecular formula is C15H22BrNO2. The Morgan fingerprint density at radius 1 is 1.37 bits per heavy atom. The first-order valence-corrected chi connectivity index (χ1v) is 8.31. The minimum atomic E-state index is 0.266. The fraction of sp³-hybridized carbons (Fsp3) is 0.667. The number of rotatable bonds is 6. The van der Waals surface area contributed by atoms with Crippen LogP contribution in [-0.2, 0) is 11.2 Å². The number of carbonyl (C=O) groups is 1. The van der Waals surface area contributed by atoms with Crippen LogP contribution in [0.15, 0.2) is 22.8 Å². The monoisotopic (exact) mass is 327 g/mol. The van der Waals surface area contributed by atoms with Crippen molar-refractivity contribution in [3.05, 3.63) is 24.2 Å². The lowest BCUT2D eigenvalue weighted by atomic mass is 9.94. The molecule has 0 unspecified atom stereocenters. The van der Waals surface area contributed by atoms with Crippen molar-refractivity contribution in [1.82, 2.24) is 4.90 Å². The van der Waals surface area contributed by atoms with Crippen molar-refractivity contribution in [2.24, 2.45) is 0 Å². The first kappa shape index (κ1) is 14.6. The second-order valence-corrected chi connectivity index (χ2v) is 5.94. The molecule has 1 aromatic heterocycles. The van der Waals surface area contributed by atoms with Crippen molar-refractivity contribution in [2.75, 3.05) is 11.9 Å². The SMILES string of the molecule is O=C(CCc1ccco1)N(CCBr)C1CCCCC1. The number of hydrogen-bond acceptors (Lipinski definition) is 2. The topological polar surface area (TPSA) is 33.5 Å². The standard InChI is InChI=1S/C15H22BrNO2/c16-10-11-17(13-5-2-1-3-6-13)15(18)9-8-14-7-4-12-19-14/h4,7,12-13H,1-3,5-6,8-11H2. The van der Waals surface area contributed by atoms with E-state index in [1.54, 1.807) is 6.26 Å². The van der Waals surface area contributed by atoms with Crippen LogP contribution < -0.4 is 0 Å². The summed E-state index contributed by atoms with van der Waals surface area (Å²) in [5.74, 6) is 1.17. The molecule has 3 nitrogen and oxygen atoms in total. The van der Waals surface area contributed by atoms with Gasteiger partial charge in [-0.25, -0.2) is 0 Å². The van der Waals surface area contributed by atoms with Crippen LogP contribution in [0.1, 0.15) is 44.3 Å². The highest BCUT2D eigenvalue weighted by molar-refractivity contribution is 9.09. The molecule has 2 rings (SSSR count). The zero-order chi connectivity index (χ0) is 13.5. The predicted octanol–water partition coefficient (Wildman–Crippen LogP) is 3.77. The van der Waals surface area contributed by atoms with Crippen LogP contribution in [0, 0.1) is 0 Å². The van der Waals surface area contributed by atoms with Gasteiger partial charge in [-0.05, 0) is 25.0 Å². The van der Waals surface area contributed by atoms with Gasteiger partial charge in [-0.3, -0.25) is 4.79 Å². The Labute approximate surface area is 123 Å². The highest BCUT2D eigenvalue weighted by atomic mass is 79.9. The van der Waals surface area contributed by atoms with E-state index in [2.05, 4.69) is 20.8 Å². The van der Waals surface area contributed by atoms with Gasteiger partial charge in [0.25, 0.3) is 0 Å². The van der Waals surface area contributed by atoms with Gasteiger partial charge in [-0.2, -0.15) is 0 Å². The number of nitrogens with zero attached hydrogens (tertiary/aromatic N) is 1. The number of carbonyl (C=O) groups excluding carboxylic acids is 1. The van der Waals surface area contributed by atoms with Crippen LogP contribution in [0.3, 0.4) is 0 Å². The van der Waals surface area contributed by atoms with E-state index in [0.717, 1.165) is 17.6 Å². The lowest BCUT2D eigenvalue weighted by molar-refractivity contribution is -0.133. The Kier molecular flexibility index (Phi) is 5.95. The second kappa shape index (κ2) is 7.73. The van der Waals surface area contributed by atoms with Crippen molar-refractivity contribution in [1.29, 1.82) is 0 Å². The molecule has 1 aliphatic carbocycles. The Bertz CT molecular complexity index is 372. The second-order valence-electron chi connectivity index (χ2n) is 5.15. The fourth-order valence-electron chi connectivity index (χ4n) is 2.82. The molecule has 1 aromatic rings. The van der Waals surface area contributed by atoms with Crippen LogP contribution in [-0.4, -0.2) is 28.7 Å². The van der Waals surface area contributed by atoms with E-state index < -0.39 is 0 Å². The number of halogens is 1. The van der Waals surface area contributed by atoms with E-state index in [9.17, 15) is 4.79 Å². The van der Waals surface area contributed by atoms with E-state index >= 15 is 0 Å². The van der Waals surface area contributed by atoms with Crippen LogP contribution in [0.25, 0.3) is 0 Å². The van der Waals surface area contributed by atoms with Crippen LogP contribution in [0.5, 0.6) is 0 Å². The van der Waals surface area contributed by atoms with Crippen molar-refractivity contribution in [3.8, 4) is 0 Å². The van der Waals surface area contributed by atoms with Crippen molar-refractivity contribution in [2.45, 2.75) is 51.0 Å². The number of hydrogen-bond donors (Lipinski definition) is 0. The van der Waals surface area contributed by atoms with E-state index in [-0.39, 0.29) is 5.91 Å². The first-order chi connectivity index (χ1) is 9.31. The number of furan rings is 1.